The molecule has 0 radical (unpaired) electrons. The number of likely N-dealkylation sites (tertiary alicyclic amines) is 1. The van der Waals surface area contributed by atoms with Gasteiger partial charge in [-0.3, -0.25) is 4.98 Å². The van der Waals surface area contributed by atoms with Gasteiger partial charge in [-0.05, 0) is 27.2 Å². The fourth-order valence-electron chi connectivity index (χ4n) is 2.14. The molecule has 0 spiro atoms. The van der Waals surface area contributed by atoms with Crippen molar-refractivity contribution in [1.82, 2.24) is 9.88 Å². The van der Waals surface area contributed by atoms with Gasteiger partial charge in [-0.1, -0.05) is 0 Å². The van der Waals surface area contributed by atoms with E-state index < -0.39 is 26.8 Å². The third-order valence-electron chi connectivity index (χ3n) is 3.13. The Labute approximate surface area is 129 Å². The maximum absolute atomic E-state index is 12.4. The second-order valence-corrected chi connectivity index (χ2v) is 9.36. The van der Waals surface area contributed by atoms with Crippen LogP contribution in [0.4, 0.5) is 4.79 Å². The van der Waals surface area contributed by atoms with E-state index in [1.807, 2.05) is 0 Å². The summed E-state index contributed by atoms with van der Waals surface area (Å²) >= 11 is 1.33. The average Bonchev–Trinajstić information content (AvgIpc) is 2.95. The van der Waals surface area contributed by atoms with Crippen LogP contribution < -0.4 is 0 Å². The fourth-order valence-corrected chi connectivity index (χ4v) is 4.87. The zero-order valence-electron chi connectivity index (χ0n) is 12.4. The molecule has 6 nitrogen and oxygen atoms in total. The third kappa shape index (κ3) is 4.41. The van der Waals surface area contributed by atoms with Gasteiger partial charge in [0.25, 0.3) is 0 Å². The first-order valence-corrected chi connectivity index (χ1v) is 9.34. The van der Waals surface area contributed by atoms with E-state index in [1.54, 1.807) is 32.5 Å². The molecule has 2 rings (SSSR count). The van der Waals surface area contributed by atoms with Gasteiger partial charge in [0.05, 0.1) is 16.5 Å². The van der Waals surface area contributed by atoms with Gasteiger partial charge in [-0.15, -0.1) is 11.3 Å². The summed E-state index contributed by atoms with van der Waals surface area (Å²) < 4.78 is 30.0. The highest BCUT2D eigenvalue weighted by atomic mass is 32.2. The molecule has 21 heavy (non-hydrogen) atoms. The SMILES string of the molecule is CC(C)(C)OC(=O)N1CC[C@@H](S(=O)(=O)Cc2cncs2)C1. The van der Waals surface area contributed by atoms with Gasteiger partial charge in [-0.2, -0.15) is 0 Å². The highest BCUT2D eigenvalue weighted by Crippen LogP contribution is 2.23. The molecule has 1 aliphatic heterocycles. The summed E-state index contributed by atoms with van der Waals surface area (Å²) in [5.41, 5.74) is 1.04. The number of carbonyl (C=O) groups is 1. The Morgan fingerprint density at radius 1 is 1.52 bits per heavy atom. The minimum Gasteiger partial charge on any atom is -0.444 e. The van der Waals surface area contributed by atoms with Crippen LogP contribution in [0, 0.1) is 0 Å². The van der Waals surface area contributed by atoms with Crippen molar-refractivity contribution in [2.75, 3.05) is 13.1 Å². The van der Waals surface area contributed by atoms with Crippen molar-refractivity contribution in [2.24, 2.45) is 0 Å². The largest absolute Gasteiger partial charge is 0.444 e. The first-order valence-electron chi connectivity index (χ1n) is 6.74. The van der Waals surface area contributed by atoms with Gasteiger partial charge in [0, 0.05) is 24.2 Å². The first-order chi connectivity index (χ1) is 9.67. The summed E-state index contributed by atoms with van der Waals surface area (Å²) in [6.45, 7) is 5.99. The predicted octanol–water partition coefficient (Wildman–Crippen LogP) is 2.07. The number of carbonyl (C=O) groups excluding carboxylic acids is 1. The summed E-state index contributed by atoms with van der Waals surface area (Å²) in [6.07, 6.45) is 1.58. The summed E-state index contributed by atoms with van der Waals surface area (Å²) in [4.78, 5) is 18.0. The Hall–Kier alpha value is -1.15. The smallest absolute Gasteiger partial charge is 0.410 e. The molecule has 0 aromatic carbocycles. The predicted molar refractivity (Wildman–Crippen MR) is 80.9 cm³/mol. The lowest BCUT2D eigenvalue weighted by Crippen LogP contribution is -2.36. The Kier molecular flexibility index (Phi) is 4.57. The van der Waals surface area contributed by atoms with Crippen LogP contribution in [0.25, 0.3) is 0 Å². The van der Waals surface area contributed by atoms with E-state index in [1.165, 1.54) is 16.2 Å². The fraction of sp³-hybridized carbons (Fsp3) is 0.692. The first kappa shape index (κ1) is 16.2. The molecular weight excluding hydrogens is 312 g/mol. The molecule has 1 aromatic rings. The average molecular weight is 332 g/mol. The van der Waals surface area contributed by atoms with Crippen molar-refractivity contribution in [3.63, 3.8) is 0 Å². The second-order valence-electron chi connectivity index (χ2n) is 6.11. The van der Waals surface area contributed by atoms with Crippen LogP contribution >= 0.6 is 11.3 Å². The molecule has 0 saturated carbocycles. The lowest BCUT2D eigenvalue weighted by molar-refractivity contribution is 0.0295. The van der Waals surface area contributed by atoms with Crippen LogP contribution in [-0.4, -0.2) is 48.3 Å². The number of nitrogens with zero attached hydrogens (tertiary/aromatic N) is 2. The Bertz CT molecular complexity index is 590. The van der Waals surface area contributed by atoms with Crippen molar-refractivity contribution >= 4 is 27.3 Å². The van der Waals surface area contributed by atoms with E-state index in [4.69, 9.17) is 4.74 Å². The van der Waals surface area contributed by atoms with Crippen LogP contribution in [0.5, 0.6) is 0 Å². The van der Waals surface area contributed by atoms with Crippen molar-refractivity contribution in [2.45, 2.75) is 43.8 Å². The molecular formula is C13H20N2O4S2. The van der Waals surface area contributed by atoms with Gasteiger partial charge in [0.1, 0.15) is 5.60 Å². The molecule has 0 aliphatic carbocycles. The third-order valence-corrected chi connectivity index (χ3v) is 6.21. The van der Waals surface area contributed by atoms with E-state index in [2.05, 4.69) is 4.98 Å². The van der Waals surface area contributed by atoms with Crippen LogP contribution in [0.1, 0.15) is 32.1 Å². The van der Waals surface area contributed by atoms with Crippen LogP contribution in [0.3, 0.4) is 0 Å². The highest BCUT2D eigenvalue weighted by molar-refractivity contribution is 7.91. The maximum atomic E-state index is 12.4. The zero-order chi connectivity index (χ0) is 15.7. The van der Waals surface area contributed by atoms with Crippen LogP contribution in [-0.2, 0) is 20.3 Å². The van der Waals surface area contributed by atoms with Gasteiger partial charge in [0.15, 0.2) is 9.84 Å². The molecule has 1 aliphatic rings. The number of aromatic nitrogens is 1. The number of ether oxygens (including phenoxy) is 1. The maximum Gasteiger partial charge on any atom is 0.410 e. The molecule has 0 unspecified atom stereocenters. The highest BCUT2D eigenvalue weighted by Gasteiger charge is 2.36. The lowest BCUT2D eigenvalue weighted by Gasteiger charge is -2.24. The van der Waals surface area contributed by atoms with Crippen molar-refractivity contribution < 1.29 is 17.9 Å². The molecule has 2 heterocycles. The number of thiazole rings is 1. The summed E-state index contributed by atoms with van der Waals surface area (Å²) in [5.74, 6) is -0.00943. The number of sulfone groups is 1. The summed E-state index contributed by atoms with van der Waals surface area (Å²) in [6, 6.07) is 0. The van der Waals surface area contributed by atoms with Crippen molar-refractivity contribution in [3.05, 3.63) is 16.6 Å². The molecule has 1 amide bonds. The minimum atomic E-state index is -3.27. The molecule has 8 heteroatoms. The topological polar surface area (TPSA) is 76.6 Å². The summed E-state index contributed by atoms with van der Waals surface area (Å²) in [7, 11) is -3.27. The van der Waals surface area contributed by atoms with Crippen molar-refractivity contribution in [1.29, 1.82) is 0 Å². The Balaban J connectivity index is 1.97. The molecule has 1 saturated heterocycles. The lowest BCUT2D eigenvalue weighted by atomic mass is 10.2. The van der Waals surface area contributed by atoms with E-state index in [0.717, 1.165) is 4.88 Å². The Morgan fingerprint density at radius 3 is 2.81 bits per heavy atom. The van der Waals surface area contributed by atoms with Crippen LogP contribution in [0.15, 0.2) is 11.7 Å². The molecule has 1 atom stereocenters. The van der Waals surface area contributed by atoms with Crippen LogP contribution in [0.2, 0.25) is 0 Å². The minimum absolute atomic E-state index is 0.00943. The van der Waals surface area contributed by atoms with Gasteiger partial charge in [0.2, 0.25) is 0 Å². The number of hydrogen-bond donors (Lipinski definition) is 0. The van der Waals surface area contributed by atoms with E-state index in [9.17, 15) is 13.2 Å². The van der Waals surface area contributed by atoms with E-state index >= 15 is 0 Å². The molecule has 0 bridgehead atoms. The van der Waals surface area contributed by atoms with E-state index in [-0.39, 0.29) is 12.3 Å². The number of amides is 1. The molecule has 1 aromatic heterocycles. The molecule has 1 fully saturated rings. The monoisotopic (exact) mass is 332 g/mol. The quantitative estimate of drug-likeness (QED) is 0.847. The number of hydrogen-bond acceptors (Lipinski definition) is 6. The van der Waals surface area contributed by atoms with Crippen molar-refractivity contribution in [3.8, 4) is 0 Å². The van der Waals surface area contributed by atoms with Gasteiger partial charge >= 0.3 is 6.09 Å². The summed E-state index contributed by atoms with van der Waals surface area (Å²) in [5, 5.41) is -0.521. The second kappa shape index (κ2) is 5.92. The van der Waals surface area contributed by atoms with Gasteiger partial charge < -0.3 is 9.64 Å². The Morgan fingerprint density at radius 2 is 2.24 bits per heavy atom. The standard InChI is InChI=1S/C13H20N2O4S2/c1-13(2,3)19-12(16)15-5-4-11(7-15)21(17,18)8-10-6-14-9-20-10/h6,9,11H,4-5,7-8H2,1-3H3/t11-/m1/s1. The molecule has 0 N–H and O–H groups in total. The zero-order valence-corrected chi connectivity index (χ0v) is 14.0. The van der Waals surface area contributed by atoms with Gasteiger partial charge in [-0.25, -0.2) is 13.2 Å². The normalized spacial score (nSPS) is 19.8. The number of rotatable bonds is 3. The molecule has 118 valence electrons. The van der Waals surface area contributed by atoms with E-state index in [0.29, 0.717) is 13.0 Å².